The number of hydrogen-bond donors (Lipinski definition) is 0. The van der Waals surface area contributed by atoms with E-state index in [1.807, 2.05) is 11.5 Å². The molecule has 1 aromatic carbocycles. The van der Waals surface area contributed by atoms with Crippen molar-refractivity contribution in [3.63, 3.8) is 0 Å². The molecular weight excluding hydrogens is 431 g/mol. The molecule has 2 heterocycles. The number of carbonyl (C=O) groups excluding carboxylic acids is 2. The van der Waals surface area contributed by atoms with E-state index in [2.05, 4.69) is 14.7 Å². The normalized spacial score (nSPS) is 11.4. The van der Waals surface area contributed by atoms with Gasteiger partial charge in [-0.05, 0) is 50.2 Å². The van der Waals surface area contributed by atoms with Crippen molar-refractivity contribution in [3.8, 4) is 5.69 Å². The summed E-state index contributed by atoms with van der Waals surface area (Å²) in [4.78, 5) is 31.6. The molecule has 162 valence electrons. The second-order valence-corrected chi connectivity index (χ2v) is 7.54. The molecule has 6 nitrogen and oxygen atoms in total. The smallest absolute Gasteiger partial charge is 0.433 e. The van der Waals surface area contributed by atoms with Crippen LogP contribution >= 0.6 is 11.8 Å². The second kappa shape index (κ2) is 8.93. The molecule has 0 N–H and O–H groups in total. The molecule has 0 aliphatic heterocycles. The van der Waals surface area contributed by atoms with Gasteiger partial charge >= 0.3 is 12.1 Å². The quantitative estimate of drug-likeness (QED) is 0.236. The number of carbonyl (C=O) groups is 2. The van der Waals surface area contributed by atoms with Gasteiger partial charge in [0.2, 0.25) is 0 Å². The summed E-state index contributed by atoms with van der Waals surface area (Å²) in [6, 6.07) is 9.24. The predicted molar refractivity (Wildman–Crippen MR) is 109 cm³/mol. The number of rotatable bonds is 6. The van der Waals surface area contributed by atoms with Crippen molar-refractivity contribution >= 4 is 23.5 Å². The van der Waals surface area contributed by atoms with E-state index in [4.69, 9.17) is 0 Å². The number of ether oxygens (including phenoxy) is 1. The standard InChI is InChI=1S/C21H18F3N3O3S/c1-12-10-16(13(2)27(12)15-6-4-14(5-7-15)19(29)30-3)17(28)11-31-20-25-9-8-18(26-20)21(22,23)24/h4-10H,11H2,1-3H3. The van der Waals surface area contributed by atoms with Crippen LogP contribution in [0, 0.1) is 13.8 Å². The Morgan fingerprint density at radius 3 is 2.42 bits per heavy atom. The van der Waals surface area contributed by atoms with Gasteiger partial charge in [-0.25, -0.2) is 14.8 Å². The highest BCUT2D eigenvalue weighted by Gasteiger charge is 2.32. The van der Waals surface area contributed by atoms with Crippen LogP contribution in [0.4, 0.5) is 13.2 Å². The van der Waals surface area contributed by atoms with Crippen molar-refractivity contribution in [1.82, 2.24) is 14.5 Å². The first-order chi connectivity index (χ1) is 14.6. The fourth-order valence-corrected chi connectivity index (χ4v) is 3.80. The van der Waals surface area contributed by atoms with Gasteiger partial charge in [-0.15, -0.1) is 0 Å². The first-order valence-corrected chi connectivity index (χ1v) is 10.0. The zero-order valence-electron chi connectivity index (χ0n) is 16.9. The number of methoxy groups -OCH3 is 1. The predicted octanol–water partition coefficient (Wildman–Crippen LogP) is 4.66. The van der Waals surface area contributed by atoms with Gasteiger partial charge in [0.1, 0.15) is 5.69 Å². The van der Waals surface area contributed by atoms with Gasteiger partial charge in [0.15, 0.2) is 10.9 Å². The second-order valence-electron chi connectivity index (χ2n) is 6.59. The van der Waals surface area contributed by atoms with Crippen molar-refractivity contribution in [2.45, 2.75) is 25.2 Å². The minimum Gasteiger partial charge on any atom is -0.465 e. The Bertz CT molecular complexity index is 1130. The number of benzene rings is 1. The lowest BCUT2D eigenvalue weighted by Gasteiger charge is -2.10. The summed E-state index contributed by atoms with van der Waals surface area (Å²) in [6.07, 6.45) is -3.55. The maximum absolute atomic E-state index is 12.8. The molecule has 31 heavy (non-hydrogen) atoms. The van der Waals surface area contributed by atoms with E-state index < -0.39 is 17.8 Å². The summed E-state index contributed by atoms with van der Waals surface area (Å²) in [5.74, 6) is -0.805. The molecule has 3 rings (SSSR count). The number of Topliss-reactive ketones (excluding diaryl/α,β-unsaturated/α-hetero) is 1. The Balaban J connectivity index is 1.79. The number of aromatic nitrogens is 3. The third-order valence-corrected chi connectivity index (χ3v) is 5.40. The fraction of sp³-hybridized carbons (Fsp3) is 0.238. The molecular formula is C21H18F3N3O3S. The molecule has 0 saturated heterocycles. The van der Waals surface area contributed by atoms with Crippen LogP contribution in [0.5, 0.6) is 0 Å². The number of esters is 1. The van der Waals surface area contributed by atoms with Gasteiger partial charge < -0.3 is 9.30 Å². The summed E-state index contributed by atoms with van der Waals surface area (Å²) >= 11 is 0.849. The number of thioether (sulfide) groups is 1. The van der Waals surface area contributed by atoms with E-state index in [0.717, 1.165) is 35.4 Å². The van der Waals surface area contributed by atoms with Gasteiger partial charge in [-0.2, -0.15) is 13.2 Å². The van der Waals surface area contributed by atoms with E-state index in [1.165, 1.54) is 7.11 Å². The molecule has 10 heteroatoms. The molecule has 3 aromatic rings. The molecule has 0 aliphatic rings. The SMILES string of the molecule is COC(=O)c1ccc(-n2c(C)cc(C(=O)CSc3nccc(C(F)(F)F)n3)c2C)cc1. The summed E-state index contributed by atoms with van der Waals surface area (Å²) in [6.45, 7) is 3.61. The van der Waals surface area contributed by atoms with E-state index in [9.17, 15) is 22.8 Å². The molecule has 0 unspecified atom stereocenters. The van der Waals surface area contributed by atoms with Crippen molar-refractivity contribution < 1.29 is 27.5 Å². The van der Waals surface area contributed by atoms with Crippen LogP contribution in [0.2, 0.25) is 0 Å². The Hall–Kier alpha value is -3.14. The molecule has 0 saturated carbocycles. The van der Waals surface area contributed by atoms with E-state index in [1.54, 1.807) is 37.3 Å². The zero-order chi connectivity index (χ0) is 22.8. The lowest BCUT2D eigenvalue weighted by Crippen LogP contribution is -2.10. The highest BCUT2D eigenvalue weighted by atomic mass is 32.2. The van der Waals surface area contributed by atoms with Gasteiger partial charge in [-0.3, -0.25) is 4.79 Å². The average Bonchev–Trinajstić information content (AvgIpc) is 3.05. The summed E-state index contributed by atoms with van der Waals surface area (Å²) < 4.78 is 44.9. The lowest BCUT2D eigenvalue weighted by molar-refractivity contribution is -0.141. The Morgan fingerprint density at radius 1 is 1.13 bits per heavy atom. The summed E-state index contributed by atoms with van der Waals surface area (Å²) in [5, 5.41) is -0.115. The molecule has 0 amide bonds. The van der Waals surface area contributed by atoms with E-state index in [-0.39, 0.29) is 16.7 Å². The zero-order valence-corrected chi connectivity index (χ0v) is 17.7. The molecule has 0 aliphatic carbocycles. The number of hydrogen-bond acceptors (Lipinski definition) is 6. The van der Waals surface area contributed by atoms with Crippen LogP contribution in [0.3, 0.4) is 0 Å². The monoisotopic (exact) mass is 449 g/mol. The van der Waals surface area contributed by atoms with Crippen LogP contribution in [0.25, 0.3) is 5.69 Å². The van der Waals surface area contributed by atoms with Crippen molar-refractivity contribution in [3.05, 3.63) is 70.8 Å². The molecule has 0 radical (unpaired) electrons. The largest absolute Gasteiger partial charge is 0.465 e. The van der Waals surface area contributed by atoms with Crippen molar-refractivity contribution in [2.75, 3.05) is 12.9 Å². The maximum Gasteiger partial charge on any atom is 0.433 e. The van der Waals surface area contributed by atoms with Crippen molar-refractivity contribution in [2.24, 2.45) is 0 Å². The minimum absolute atomic E-state index is 0.104. The molecule has 0 fully saturated rings. The fourth-order valence-electron chi connectivity index (χ4n) is 3.08. The summed E-state index contributed by atoms with van der Waals surface area (Å²) in [7, 11) is 1.30. The lowest BCUT2D eigenvalue weighted by atomic mass is 10.2. The highest BCUT2D eigenvalue weighted by Crippen LogP contribution is 2.29. The van der Waals surface area contributed by atoms with Crippen LogP contribution in [0.1, 0.15) is 37.8 Å². The number of ketones is 1. The minimum atomic E-state index is -4.57. The third-order valence-electron chi connectivity index (χ3n) is 4.53. The van der Waals surface area contributed by atoms with Gasteiger partial charge in [-0.1, -0.05) is 11.8 Å². The Morgan fingerprint density at radius 2 is 1.81 bits per heavy atom. The number of alkyl halides is 3. The Labute approximate surface area is 180 Å². The van der Waals surface area contributed by atoms with Crippen LogP contribution in [0.15, 0.2) is 47.8 Å². The van der Waals surface area contributed by atoms with Gasteiger partial charge in [0.05, 0.1) is 18.4 Å². The molecule has 0 atom stereocenters. The van der Waals surface area contributed by atoms with Crippen LogP contribution in [-0.4, -0.2) is 39.2 Å². The maximum atomic E-state index is 12.8. The van der Waals surface area contributed by atoms with Crippen LogP contribution < -0.4 is 0 Å². The highest BCUT2D eigenvalue weighted by molar-refractivity contribution is 7.99. The van der Waals surface area contributed by atoms with Crippen molar-refractivity contribution in [1.29, 1.82) is 0 Å². The molecule has 0 spiro atoms. The van der Waals surface area contributed by atoms with E-state index >= 15 is 0 Å². The number of halogens is 3. The Kier molecular flexibility index (Phi) is 6.49. The van der Waals surface area contributed by atoms with Gasteiger partial charge in [0, 0.05) is 28.8 Å². The van der Waals surface area contributed by atoms with E-state index in [0.29, 0.717) is 16.8 Å². The average molecular weight is 449 g/mol. The summed E-state index contributed by atoms with van der Waals surface area (Å²) in [5.41, 5.74) is 2.05. The molecule has 0 bridgehead atoms. The first-order valence-electron chi connectivity index (χ1n) is 9.05. The topological polar surface area (TPSA) is 74.1 Å². The molecule has 2 aromatic heterocycles. The van der Waals surface area contributed by atoms with Gasteiger partial charge in [0.25, 0.3) is 0 Å². The third kappa shape index (κ3) is 4.96. The number of aryl methyl sites for hydroxylation is 1. The number of nitrogens with zero attached hydrogens (tertiary/aromatic N) is 3. The van der Waals surface area contributed by atoms with Crippen LogP contribution in [-0.2, 0) is 10.9 Å². The first kappa shape index (κ1) is 22.5.